The predicted octanol–water partition coefficient (Wildman–Crippen LogP) is 1.70. The minimum atomic E-state index is -3.43. The number of halogens is 2. The van der Waals surface area contributed by atoms with E-state index in [0.717, 1.165) is 17.9 Å². The second kappa shape index (κ2) is 10.9. The molecule has 0 unspecified atom stereocenters. The van der Waals surface area contributed by atoms with E-state index in [1.807, 2.05) is 4.90 Å². The number of hydrogen-bond acceptors (Lipinski definition) is 5. The third kappa shape index (κ3) is 6.64. The minimum absolute atomic E-state index is 0. The zero-order valence-electron chi connectivity index (χ0n) is 16.1. The lowest BCUT2D eigenvalue weighted by Gasteiger charge is -2.35. The normalized spacial score (nSPS) is 15.8. The summed E-state index contributed by atoms with van der Waals surface area (Å²) in [6.07, 6.45) is 2.11. The highest BCUT2D eigenvalue weighted by Gasteiger charge is 2.28. The number of sulfonamides is 1. The van der Waals surface area contributed by atoms with Crippen LogP contribution < -0.4 is 5.32 Å². The van der Waals surface area contributed by atoms with Gasteiger partial charge < -0.3 is 14.7 Å². The number of nitrogens with one attached hydrogen (secondary N) is 1. The van der Waals surface area contributed by atoms with Crippen LogP contribution in [0.5, 0.6) is 0 Å². The van der Waals surface area contributed by atoms with E-state index in [1.165, 1.54) is 22.7 Å². The number of rotatable bonds is 6. The number of hydrogen-bond donors (Lipinski definition) is 1. The van der Waals surface area contributed by atoms with Gasteiger partial charge in [-0.1, -0.05) is 17.3 Å². The molecule has 1 aromatic carbocycles. The molecule has 29 heavy (non-hydrogen) atoms. The van der Waals surface area contributed by atoms with Crippen molar-refractivity contribution in [2.45, 2.75) is 12.2 Å². The lowest BCUT2D eigenvalue weighted by molar-refractivity contribution is 0.260. The van der Waals surface area contributed by atoms with Crippen molar-refractivity contribution in [1.29, 1.82) is 0 Å². The zero-order valence-corrected chi connectivity index (χ0v) is 19.3. The van der Waals surface area contributed by atoms with Gasteiger partial charge in [-0.3, -0.25) is 4.99 Å². The molecule has 1 aliphatic rings. The van der Waals surface area contributed by atoms with Crippen molar-refractivity contribution in [3.05, 3.63) is 53.7 Å². The lowest BCUT2D eigenvalue weighted by Crippen LogP contribution is -2.54. The maximum Gasteiger partial charge on any atom is 0.220 e. The highest BCUT2D eigenvalue weighted by Crippen LogP contribution is 2.13. The van der Waals surface area contributed by atoms with Gasteiger partial charge in [-0.05, 0) is 24.1 Å². The number of nitrogens with zero attached hydrogens (tertiary/aromatic N) is 4. The molecule has 1 saturated heterocycles. The summed E-state index contributed by atoms with van der Waals surface area (Å²) in [6.45, 7) is 2.53. The van der Waals surface area contributed by atoms with Crippen molar-refractivity contribution in [3.8, 4) is 0 Å². The van der Waals surface area contributed by atoms with Gasteiger partial charge in [0.2, 0.25) is 10.0 Å². The Balaban J connectivity index is 0.00000300. The van der Waals surface area contributed by atoms with E-state index in [-0.39, 0.29) is 35.5 Å². The molecule has 160 valence electrons. The van der Waals surface area contributed by atoms with Crippen molar-refractivity contribution < 1.29 is 17.3 Å². The monoisotopic (exact) mass is 537 g/mol. The van der Waals surface area contributed by atoms with Crippen molar-refractivity contribution in [1.82, 2.24) is 19.7 Å². The Kier molecular flexibility index (Phi) is 8.83. The SMILES string of the molecule is CN=C(NCCc1ccc(F)cc1)N1CCN(S(=O)(=O)Cc2ccon2)CC1.I. The van der Waals surface area contributed by atoms with E-state index in [9.17, 15) is 12.8 Å². The van der Waals surface area contributed by atoms with Crippen LogP contribution in [0, 0.1) is 5.82 Å². The zero-order chi connectivity index (χ0) is 20.0. The standard InChI is InChI=1S/C18H24FN5O3S.HI/c1-20-18(21-8-6-15-2-4-16(19)5-3-15)23-9-11-24(12-10-23)28(25,26)14-17-7-13-27-22-17;/h2-5,7,13H,6,8-12,14H2,1H3,(H,20,21);1H. The summed E-state index contributed by atoms with van der Waals surface area (Å²) >= 11 is 0. The smallest absolute Gasteiger partial charge is 0.220 e. The first-order chi connectivity index (χ1) is 13.5. The van der Waals surface area contributed by atoms with Gasteiger partial charge in [-0.15, -0.1) is 24.0 Å². The molecule has 0 spiro atoms. The highest BCUT2D eigenvalue weighted by molar-refractivity contribution is 14.0. The van der Waals surface area contributed by atoms with E-state index in [4.69, 9.17) is 4.52 Å². The van der Waals surface area contributed by atoms with E-state index < -0.39 is 10.0 Å². The fourth-order valence-electron chi connectivity index (χ4n) is 3.07. The van der Waals surface area contributed by atoms with Gasteiger partial charge in [0.15, 0.2) is 5.96 Å². The second-order valence-electron chi connectivity index (χ2n) is 6.48. The maximum absolute atomic E-state index is 13.0. The molecule has 2 heterocycles. The Labute approximate surface area is 187 Å². The van der Waals surface area contributed by atoms with Gasteiger partial charge in [-0.25, -0.2) is 12.8 Å². The van der Waals surface area contributed by atoms with Crippen LogP contribution >= 0.6 is 24.0 Å². The quantitative estimate of drug-likeness (QED) is 0.343. The van der Waals surface area contributed by atoms with Crippen LogP contribution in [0.2, 0.25) is 0 Å². The number of aliphatic imine (C=N–C) groups is 1. The molecule has 1 N–H and O–H groups in total. The molecule has 0 saturated carbocycles. The van der Waals surface area contributed by atoms with Crippen LogP contribution in [0.3, 0.4) is 0 Å². The fourth-order valence-corrected chi connectivity index (χ4v) is 4.50. The largest absolute Gasteiger partial charge is 0.364 e. The highest BCUT2D eigenvalue weighted by atomic mass is 127. The fraction of sp³-hybridized carbons (Fsp3) is 0.444. The molecule has 0 amide bonds. The Morgan fingerprint density at radius 1 is 1.21 bits per heavy atom. The van der Waals surface area contributed by atoms with Crippen molar-refractivity contribution in [2.75, 3.05) is 39.8 Å². The Bertz CT molecular complexity index is 883. The molecular formula is C18H25FIN5O3S. The first-order valence-corrected chi connectivity index (χ1v) is 10.7. The van der Waals surface area contributed by atoms with Crippen LogP contribution in [0.25, 0.3) is 0 Å². The molecular weight excluding hydrogens is 512 g/mol. The molecule has 1 aliphatic heterocycles. The van der Waals surface area contributed by atoms with Crippen molar-refractivity contribution in [3.63, 3.8) is 0 Å². The molecule has 1 fully saturated rings. The Hall–Kier alpha value is -1.73. The first-order valence-electron chi connectivity index (χ1n) is 9.05. The number of benzene rings is 1. The van der Waals surface area contributed by atoms with E-state index >= 15 is 0 Å². The average Bonchev–Trinajstić information content (AvgIpc) is 3.19. The second-order valence-corrected chi connectivity index (χ2v) is 8.45. The number of piperazine rings is 1. The van der Waals surface area contributed by atoms with Gasteiger partial charge >= 0.3 is 0 Å². The summed E-state index contributed by atoms with van der Waals surface area (Å²) in [5, 5.41) is 6.96. The number of guanidine groups is 1. The summed E-state index contributed by atoms with van der Waals surface area (Å²) in [5.74, 6) is 0.327. The third-order valence-corrected chi connectivity index (χ3v) is 6.39. The van der Waals surface area contributed by atoms with E-state index in [0.29, 0.717) is 38.4 Å². The van der Waals surface area contributed by atoms with E-state index in [2.05, 4.69) is 15.5 Å². The molecule has 0 atom stereocenters. The molecule has 3 rings (SSSR count). The van der Waals surface area contributed by atoms with Gasteiger partial charge in [0.25, 0.3) is 0 Å². The molecule has 8 nitrogen and oxygen atoms in total. The molecule has 2 aromatic rings. The molecule has 1 aromatic heterocycles. The molecule has 11 heteroatoms. The Morgan fingerprint density at radius 2 is 1.90 bits per heavy atom. The maximum atomic E-state index is 13.0. The van der Waals surface area contributed by atoms with Crippen LogP contribution in [-0.2, 0) is 22.2 Å². The predicted molar refractivity (Wildman–Crippen MR) is 119 cm³/mol. The summed E-state index contributed by atoms with van der Waals surface area (Å²) in [7, 11) is -1.72. The van der Waals surface area contributed by atoms with Gasteiger partial charge in [0, 0.05) is 45.8 Å². The summed E-state index contributed by atoms with van der Waals surface area (Å²) < 4.78 is 44.1. The first kappa shape index (κ1) is 23.5. The van der Waals surface area contributed by atoms with Gasteiger partial charge in [0.05, 0.1) is 5.69 Å². The van der Waals surface area contributed by atoms with Gasteiger partial charge in [-0.2, -0.15) is 4.31 Å². The van der Waals surface area contributed by atoms with Crippen LogP contribution in [0.4, 0.5) is 4.39 Å². The van der Waals surface area contributed by atoms with Crippen molar-refractivity contribution >= 4 is 40.0 Å². The van der Waals surface area contributed by atoms with Gasteiger partial charge in [0.1, 0.15) is 17.8 Å². The summed E-state index contributed by atoms with van der Waals surface area (Å²) in [6, 6.07) is 7.98. The Morgan fingerprint density at radius 3 is 2.48 bits per heavy atom. The van der Waals surface area contributed by atoms with Crippen LogP contribution in [-0.4, -0.2) is 68.5 Å². The van der Waals surface area contributed by atoms with E-state index in [1.54, 1.807) is 25.2 Å². The average molecular weight is 537 g/mol. The van der Waals surface area contributed by atoms with Crippen LogP contribution in [0.1, 0.15) is 11.3 Å². The molecule has 0 radical (unpaired) electrons. The van der Waals surface area contributed by atoms with Crippen LogP contribution in [0.15, 0.2) is 46.1 Å². The summed E-state index contributed by atoms with van der Waals surface area (Å²) in [5.41, 5.74) is 1.44. The molecule has 0 bridgehead atoms. The van der Waals surface area contributed by atoms with Crippen molar-refractivity contribution in [2.24, 2.45) is 4.99 Å². The molecule has 0 aliphatic carbocycles. The third-order valence-electron chi connectivity index (χ3n) is 4.57. The minimum Gasteiger partial charge on any atom is -0.364 e. The topological polar surface area (TPSA) is 91.0 Å². The lowest BCUT2D eigenvalue weighted by atomic mass is 10.1. The number of aromatic nitrogens is 1. The summed E-state index contributed by atoms with van der Waals surface area (Å²) in [4.78, 5) is 6.32.